The highest BCUT2D eigenvalue weighted by atomic mass is 32.2. The van der Waals surface area contributed by atoms with Crippen LogP contribution in [0.3, 0.4) is 0 Å². The number of nitrogens with one attached hydrogen (secondary N) is 1. The zero-order valence-electron chi connectivity index (χ0n) is 22.0. The van der Waals surface area contributed by atoms with Crippen LogP contribution in [0.15, 0.2) is 77.3 Å². The van der Waals surface area contributed by atoms with Gasteiger partial charge in [-0.2, -0.15) is 4.31 Å². The van der Waals surface area contributed by atoms with E-state index in [4.69, 9.17) is 19.4 Å². The Morgan fingerprint density at radius 2 is 1.85 bits per heavy atom. The topological polar surface area (TPSA) is 111 Å². The van der Waals surface area contributed by atoms with E-state index in [1.807, 2.05) is 46.3 Å². The van der Waals surface area contributed by atoms with E-state index >= 15 is 0 Å². The van der Waals surface area contributed by atoms with Crippen molar-refractivity contribution in [3.05, 3.63) is 72.4 Å². The molecule has 1 atom stereocenters. The van der Waals surface area contributed by atoms with E-state index in [1.54, 1.807) is 56.0 Å². The van der Waals surface area contributed by atoms with Gasteiger partial charge < -0.3 is 14.8 Å². The standard InChI is InChI=1S/C28H28N6O4S2/c1-37-21-8-10-23(11-9-21)40(35,36)33-14-4-6-20(18-33)30-27-29-13-12-24(31-27)26-25(32-28-34(26)15-16-39-28)19-5-3-7-22(17-19)38-2/h3,5,7-13,15-17,20H,4,6,14,18H2,1-2H3,(H,29,30,31)/t20-/m1/s1. The molecule has 206 valence electrons. The molecule has 1 aliphatic heterocycles. The summed E-state index contributed by atoms with van der Waals surface area (Å²) in [5, 5.41) is 5.37. The predicted octanol–water partition coefficient (Wildman–Crippen LogP) is 4.80. The van der Waals surface area contributed by atoms with Crippen LogP contribution < -0.4 is 14.8 Å². The number of thiazole rings is 1. The van der Waals surface area contributed by atoms with Gasteiger partial charge in [0.15, 0.2) is 4.96 Å². The Balaban J connectivity index is 1.27. The van der Waals surface area contributed by atoms with E-state index < -0.39 is 10.0 Å². The van der Waals surface area contributed by atoms with Crippen molar-refractivity contribution in [3.8, 4) is 34.1 Å². The van der Waals surface area contributed by atoms with Gasteiger partial charge in [-0.05, 0) is 55.3 Å². The Bertz CT molecular complexity index is 1750. The number of methoxy groups -OCH3 is 2. The molecule has 3 aromatic heterocycles. The molecular formula is C28H28N6O4S2. The van der Waals surface area contributed by atoms with Crippen molar-refractivity contribution < 1.29 is 17.9 Å². The molecule has 6 rings (SSSR count). The summed E-state index contributed by atoms with van der Waals surface area (Å²) in [6.07, 6.45) is 5.22. The molecule has 1 saturated heterocycles. The van der Waals surface area contributed by atoms with Crippen LogP contribution in [-0.4, -0.2) is 65.4 Å². The van der Waals surface area contributed by atoms with Gasteiger partial charge in [0, 0.05) is 42.5 Å². The molecule has 0 unspecified atom stereocenters. The fraction of sp³-hybridized carbons (Fsp3) is 0.250. The first-order valence-electron chi connectivity index (χ1n) is 12.8. The second kappa shape index (κ2) is 10.9. The second-order valence-corrected chi connectivity index (χ2v) is 12.2. The molecule has 40 heavy (non-hydrogen) atoms. The van der Waals surface area contributed by atoms with E-state index in [1.165, 1.54) is 4.31 Å². The Morgan fingerprint density at radius 1 is 1.02 bits per heavy atom. The largest absolute Gasteiger partial charge is 0.497 e. The summed E-state index contributed by atoms with van der Waals surface area (Å²) in [4.78, 5) is 15.3. The predicted molar refractivity (Wildman–Crippen MR) is 154 cm³/mol. The van der Waals surface area contributed by atoms with Crippen LogP contribution >= 0.6 is 11.3 Å². The Kier molecular flexibility index (Phi) is 7.13. The lowest BCUT2D eigenvalue weighted by molar-refractivity contribution is 0.326. The number of imidazole rings is 1. The minimum absolute atomic E-state index is 0.138. The molecule has 0 spiro atoms. The summed E-state index contributed by atoms with van der Waals surface area (Å²) in [5.74, 6) is 1.80. The van der Waals surface area contributed by atoms with E-state index in [-0.39, 0.29) is 10.9 Å². The lowest BCUT2D eigenvalue weighted by atomic mass is 10.1. The van der Waals surface area contributed by atoms with E-state index in [0.29, 0.717) is 30.5 Å². The number of nitrogens with zero attached hydrogens (tertiary/aromatic N) is 5. The lowest BCUT2D eigenvalue weighted by Crippen LogP contribution is -2.45. The normalized spacial score (nSPS) is 16.2. The molecule has 2 aromatic carbocycles. The lowest BCUT2D eigenvalue weighted by Gasteiger charge is -2.32. The fourth-order valence-corrected chi connectivity index (χ4v) is 7.16. The third-order valence-corrected chi connectivity index (χ3v) is 9.55. The van der Waals surface area contributed by atoms with Crippen LogP contribution in [-0.2, 0) is 10.0 Å². The molecule has 0 saturated carbocycles. The van der Waals surface area contributed by atoms with Gasteiger partial charge in [-0.25, -0.2) is 23.4 Å². The zero-order chi connectivity index (χ0) is 27.7. The molecule has 0 aliphatic carbocycles. The monoisotopic (exact) mass is 576 g/mol. The highest BCUT2D eigenvalue weighted by Gasteiger charge is 2.31. The number of hydrogen-bond acceptors (Lipinski definition) is 9. The maximum absolute atomic E-state index is 13.3. The van der Waals surface area contributed by atoms with Crippen molar-refractivity contribution in [2.75, 3.05) is 32.6 Å². The Hall–Kier alpha value is -4.00. The van der Waals surface area contributed by atoms with Gasteiger partial charge >= 0.3 is 0 Å². The van der Waals surface area contributed by atoms with Crippen molar-refractivity contribution >= 4 is 32.3 Å². The highest BCUT2D eigenvalue weighted by Crippen LogP contribution is 2.35. The third kappa shape index (κ3) is 5.01. The molecule has 5 aromatic rings. The Labute approximate surface area is 236 Å². The van der Waals surface area contributed by atoms with Gasteiger partial charge in [0.05, 0.1) is 30.5 Å². The van der Waals surface area contributed by atoms with E-state index in [9.17, 15) is 8.42 Å². The third-order valence-electron chi connectivity index (χ3n) is 6.92. The molecule has 1 fully saturated rings. The molecule has 0 amide bonds. The molecule has 1 N–H and O–H groups in total. The molecule has 0 bridgehead atoms. The van der Waals surface area contributed by atoms with Crippen LogP contribution in [0.5, 0.6) is 11.5 Å². The van der Waals surface area contributed by atoms with Crippen LogP contribution in [0.1, 0.15) is 12.8 Å². The maximum atomic E-state index is 13.3. The fourth-order valence-electron chi connectivity index (χ4n) is 4.92. The number of aromatic nitrogens is 4. The number of fused-ring (bicyclic) bond motifs is 1. The highest BCUT2D eigenvalue weighted by molar-refractivity contribution is 7.89. The van der Waals surface area contributed by atoms with Gasteiger partial charge in [0.2, 0.25) is 16.0 Å². The zero-order valence-corrected chi connectivity index (χ0v) is 23.7. The van der Waals surface area contributed by atoms with Crippen molar-refractivity contribution in [1.29, 1.82) is 0 Å². The van der Waals surface area contributed by atoms with Crippen LogP contribution in [0.2, 0.25) is 0 Å². The number of hydrogen-bond donors (Lipinski definition) is 1. The van der Waals surface area contributed by atoms with Crippen molar-refractivity contribution in [2.24, 2.45) is 0 Å². The van der Waals surface area contributed by atoms with Crippen molar-refractivity contribution in [2.45, 2.75) is 23.8 Å². The van der Waals surface area contributed by atoms with Crippen molar-refractivity contribution in [1.82, 2.24) is 23.7 Å². The summed E-state index contributed by atoms with van der Waals surface area (Å²) in [6.45, 7) is 0.780. The van der Waals surface area contributed by atoms with Gasteiger partial charge in [-0.1, -0.05) is 12.1 Å². The average Bonchev–Trinajstić information content (AvgIpc) is 3.59. The average molecular weight is 577 g/mol. The van der Waals surface area contributed by atoms with E-state index in [2.05, 4.69) is 10.3 Å². The van der Waals surface area contributed by atoms with Gasteiger partial charge in [0.1, 0.15) is 17.2 Å². The molecule has 0 radical (unpaired) electrons. The van der Waals surface area contributed by atoms with Gasteiger partial charge in [-0.3, -0.25) is 4.40 Å². The number of anilines is 1. The number of benzene rings is 2. The first-order valence-corrected chi connectivity index (χ1v) is 15.1. The molecule has 10 nitrogen and oxygen atoms in total. The van der Waals surface area contributed by atoms with Crippen LogP contribution in [0.25, 0.3) is 27.6 Å². The van der Waals surface area contributed by atoms with Gasteiger partial charge in [0.25, 0.3) is 0 Å². The maximum Gasteiger partial charge on any atom is 0.243 e. The minimum atomic E-state index is -3.64. The van der Waals surface area contributed by atoms with Crippen LogP contribution in [0, 0.1) is 0 Å². The van der Waals surface area contributed by atoms with E-state index in [0.717, 1.165) is 40.5 Å². The SMILES string of the molecule is COc1ccc(S(=O)(=O)N2CCC[C@@H](Nc3nccc(-c4c(-c5cccc(OC)c5)nc5sccn45)n3)C2)cc1. The number of piperidine rings is 1. The summed E-state index contributed by atoms with van der Waals surface area (Å²) >= 11 is 1.55. The number of rotatable bonds is 8. The summed E-state index contributed by atoms with van der Waals surface area (Å²) in [6, 6.07) is 16.0. The minimum Gasteiger partial charge on any atom is -0.497 e. The molecule has 1 aliphatic rings. The number of sulfonamides is 1. The van der Waals surface area contributed by atoms with Crippen molar-refractivity contribution in [3.63, 3.8) is 0 Å². The molecular weight excluding hydrogens is 548 g/mol. The van der Waals surface area contributed by atoms with Gasteiger partial charge in [-0.15, -0.1) is 11.3 Å². The first-order chi connectivity index (χ1) is 19.5. The smallest absolute Gasteiger partial charge is 0.243 e. The second-order valence-electron chi connectivity index (χ2n) is 9.38. The quantitative estimate of drug-likeness (QED) is 0.280. The Morgan fingerprint density at radius 3 is 2.65 bits per heavy atom. The summed E-state index contributed by atoms with van der Waals surface area (Å²) in [7, 11) is -0.445. The number of ether oxygens (including phenoxy) is 2. The molecule has 4 heterocycles. The summed E-state index contributed by atoms with van der Waals surface area (Å²) in [5.41, 5.74) is 3.27. The molecule has 12 heteroatoms. The van der Waals surface area contributed by atoms with Crippen LogP contribution in [0.4, 0.5) is 5.95 Å². The summed E-state index contributed by atoms with van der Waals surface area (Å²) < 4.78 is 40.8. The first kappa shape index (κ1) is 26.2.